The normalized spacial score (nSPS) is 18.9. The predicted octanol–water partition coefficient (Wildman–Crippen LogP) is 5.32. The van der Waals surface area contributed by atoms with Crippen LogP contribution in [0.2, 0.25) is 0 Å². The third kappa shape index (κ3) is 4.86. The maximum absolute atomic E-state index is 11.7. The SMILES string of the molecule is CC(CCCc1ccccc1)Oc1cc(O)c2c(c1)CC(C)(C)CC2C(=O)O. The van der Waals surface area contributed by atoms with Gasteiger partial charge in [0.05, 0.1) is 12.0 Å². The van der Waals surface area contributed by atoms with E-state index in [9.17, 15) is 15.0 Å². The van der Waals surface area contributed by atoms with Crippen molar-refractivity contribution in [2.24, 2.45) is 5.41 Å². The van der Waals surface area contributed by atoms with Gasteiger partial charge in [0.25, 0.3) is 0 Å². The van der Waals surface area contributed by atoms with Gasteiger partial charge in [-0.2, -0.15) is 0 Å². The summed E-state index contributed by atoms with van der Waals surface area (Å²) in [5.74, 6) is -0.902. The molecule has 0 spiro atoms. The second-order valence-electron chi connectivity index (χ2n) is 8.76. The van der Waals surface area contributed by atoms with Crippen LogP contribution in [0, 0.1) is 5.41 Å². The minimum atomic E-state index is -0.882. The topological polar surface area (TPSA) is 66.8 Å². The summed E-state index contributed by atoms with van der Waals surface area (Å²) in [5.41, 5.74) is 2.64. The van der Waals surface area contributed by atoms with E-state index in [0.717, 1.165) is 31.2 Å². The van der Waals surface area contributed by atoms with E-state index in [1.54, 1.807) is 6.07 Å². The predicted molar refractivity (Wildman–Crippen MR) is 110 cm³/mol. The molecule has 2 atom stereocenters. The Morgan fingerprint density at radius 1 is 1.25 bits per heavy atom. The van der Waals surface area contributed by atoms with Crippen molar-refractivity contribution in [3.63, 3.8) is 0 Å². The number of fused-ring (bicyclic) bond motifs is 1. The maximum Gasteiger partial charge on any atom is 0.311 e. The summed E-state index contributed by atoms with van der Waals surface area (Å²) < 4.78 is 6.06. The molecule has 0 aliphatic heterocycles. The van der Waals surface area contributed by atoms with Crippen molar-refractivity contribution in [1.29, 1.82) is 0 Å². The molecule has 2 unspecified atom stereocenters. The Kier molecular flexibility index (Phi) is 5.97. The highest BCUT2D eigenvalue weighted by Gasteiger charge is 2.38. The summed E-state index contributed by atoms with van der Waals surface area (Å²) in [6.07, 6.45) is 4.23. The van der Waals surface area contributed by atoms with E-state index < -0.39 is 11.9 Å². The van der Waals surface area contributed by atoms with Crippen molar-refractivity contribution in [2.75, 3.05) is 0 Å². The number of carboxylic acid groups (broad SMARTS) is 1. The van der Waals surface area contributed by atoms with Crippen LogP contribution in [0.25, 0.3) is 0 Å². The number of aromatic hydroxyl groups is 1. The summed E-state index contributed by atoms with van der Waals surface area (Å²) in [4.78, 5) is 11.7. The first-order valence-electron chi connectivity index (χ1n) is 10.0. The van der Waals surface area contributed by atoms with E-state index in [-0.39, 0.29) is 17.3 Å². The Morgan fingerprint density at radius 2 is 1.96 bits per heavy atom. The molecule has 0 saturated carbocycles. The monoisotopic (exact) mass is 382 g/mol. The van der Waals surface area contributed by atoms with E-state index >= 15 is 0 Å². The van der Waals surface area contributed by atoms with Gasteiger partial charge in [-0.1, -0.05) is 44.2 Å². The van der Waals surface area contributed by atoms with E-state index in [0.29, 0.717) is 17.7 Å². The summed E-state index contributed by atoms with van der Waals surface area (Å²) in [7, 11) is 0. The second-order valence-corrected chi connectivity index (χ2v) is 8.76. The standard InChI is InChI=1S/C24H30O4/c1-16(8-7-11-17-9-5-4-6-10-17)28-19-12-18-14-24(2,3)15-20(23(26)27)22(18)21(25)13-19/h4-6,9-10,12-13,16,20,25H,7-8,11,14-15H2,1-3H3,(H,26,27). The molecule has 0 heterocycles. The molecule has 2 aromatic rings. The summed E-state index contributed by atoms with van der Waals surface area (Å²) in [5, 5.41) is 20.1. The Labute approximate surface area is 167 Å². The van der Waals surface area contributed by atoms with Crippen molar-refractivity contribution in [2.45, 2.75) is 64.9 Å². The fourth-order valence-electron chi connectivity index (χ4n) is 4.27. The lowest BCUT2D eigenvalue weighted by atomic mass is 9.69. The van der Waals surface area contributed by atoms with Crippen LogP contribution in [0.1, 0.15) is 62.6 Å². The van der Waals surface area contributed by atoms with E-state index in [2.05, 4.69) is 38.1 Å². The van der Waals surface area contributed by atoms with Gasteiger partial charge in [-0.3, -0.25) is 4.79 Å². The molecule has 150 valence electrons. The van der Waals surface area contributed by atoms with Crippen LogP contribution in [0.15, 0.2) is 42.5 Å². The molecule has 0 fully saturated rings. The van der Waals surface area contributed by atoms with Gasteiger partial charge < -0.3 is 14.9 Å². The fraction of sp³-hybridized carbons (Fsp3) is 0.458. The van der Waals surface area contributed by atoms with Crippen LogP contribution in [0.4, 0.5) is 0 Å². The van der Waals surface area contributed by atoms with E-state index in [1.807, 2.05) is 19.1 Å². The van der Waals surface area contributed by atoms with Gasteiger partial charge in [0.15, 0.2) is 0 Å². The fourth-order valence-corrected chi connectivity index (χ4v) is 4.27. The van der Waals surface area contributed by atoms with Crippen LogP contribution in [-0.2, 0) is 17.6 Å². The Hall–Kier alpha value is -2.49. The van der Waals surface area contributed by atoms with Gasteiger partial charge in [0.1, 0.15) is 11.5 Å². The number of hydrogen-bond donors (Lipinski definition) is 2. The molecule has 0 aromatic heterocycles. The van der Waals surface area contributed by atoms with Crippen molar-refractivity contribution in [1.82, 2.24) is 0 Å². The average molecular weight is 383 g/mol. The molecular formula is C24H30O4. The third-order valence-corrected chi connectivity index (χ3v) is 5.55. The lowest BCUT2D eigenvalue weighted by Gasteiger charge is -2.35. The van der Waals surface area contributed by atoms with E-state index in [4.69, 9.17) is 4.74 Å². The van der Waals surface area contributed by atoms with E-state index in [1.165, 1.54) is 5.56 Å². The number of rotatable bonds is 7. The quantitative estimate of drug-likeness (QED) is 0.680. The zero-order valence-corrected chi connectivity index (χ0v) is 16.9. The first kappa shape index (κ1) is 20.2. The molecule has 4 nitrogen and oxygen atoms in total. The molecule has 0 saturated heterocycles. The van der Waals surface area contributed by atoms with Crippen molar-refractivity contribution < 1.29 is 19.7 Å². The third-order valence-electron chi connectivity index (χ3n) is 5.55. The van der Waals surface area contributed by atoms with Gasteiger partial charge in [-0.15, -0.1) is 0 Å². The first-order valence-corrected chi connectivity index (χ1v) is 10.0. The number of carboxylic acids is 1. The number of phenolic OH excluding ortho intramolecular Hbond substituents is 1. The second kappa shape index (κ2) is 8.26. The molecule has 2 N–H and O–H groups in total. The molecule has 4 heteroatoms. The maximum atomic E-state index is 11.7. The number of carbonyl (C=O) groups is 1. The molecule has 1 aliphatic rings. The van der Waals surface area contributed by atoms with Gasteiger partial charge in [-0.05, 0) is 61.6 Å². The molecular weight excluding hydrogens is 352 g/mol. The van der Waals surface area contributed by atoms with Crippen molar-refractivity contribution in [3.05, 3.63) is 59.2 Å². The van der Waals surface area contributed by atoms with Gasteiger partial charge in [-0.25, -0.2) is 0 Å². The number of ether oxygens (including phenoxy) is 1. The molecule has 3 rings (SSSR count). The minimum absolute atomic E-state index is 0.0213. The van der Waals surface area contributed by atoms with Crippen molar-refractivity contribution in [3.8, 4) is 11.5 Å². The Balaban J connectivity index is 1.68. The Bertz CT molecular complexity index is 826. The van der Waals surface area contributed by atoms with Gasteiger partial charge >= 0.3 is 5.97 Å². The lowest BCUT2D eigenvalue weighted by molar-refractivity contribution is -0.140. The molecule has 0 amide bonds. The Morgan fingerprint density at radius 3 is 2.64 bits per heavy atom. The number of aliphatic carboxylic acids is 1. The zero-order chi connectivity index (χ0) is 20.3. The summed E-state index contributed by atoms with van der Waals surface area (Å²) in [6.45, 7) is 6.18. The zero-order valence-electron chi connectivity index (χ0n) is 16.9. The largest absolute Gasteiger partial charge is 0.507 e. The van der Waals surface area contributed by atoms with Gasteiger partial charge in [0, 0.05) is 11.6 Å². The molecule has 2 aromatic carbocycles. The van der Waals surface area contributed by atoms with Crippen LogP contribution >= 0.6 is 0 Å². The molecule has 28 heavy (non-hydrogen) atoms. The molecule has 0 bridgehead atoms. The number of hydrogen-bond acceptors (Lipinski definition) is 3. The van der Waals surface area contributed by atoms with Crippen LogP contribution < -0.4 is 4.74 Å². The summed E-state index contributed by atoms with van der Waals surface area (Å²) in [6, 6.07) is 13.9. The highest BCUT2D eigenvalue weighted by molar-refractivity contribution is 5.79. The van der Waals surface area contributed by atoms with Crippen LogP contribution in [-0.4, -0.2) is 22.3 Å². The average Bonchev–Trinajstić information content (AvgIpc) is 2.60. The molecule has 0 radical (unpaired) electrons. The smallest absolute Gasteiger partial charge is 0.311 e. The highest BCUT2D eigenvalue weighted by atomic mass is 16.5. The van der Waals surface area contributed by atoms with Gasteiger partial charge in [0.2, 0.25) is 0 Å². The minimum Gasteiger partial charge on any atom is -0.507 e. The first-order chi connectivity index (χ1) is 13.2. The van der Waals surface area contributed by atoms with Crippen LogP contribution in [0.3, 0.4) is 0 Å². The number of benzene rings is 2. The lowest BCUT2D eigenvalue weighted by Crippen LogP contribution is -2.29. The van der Waals surface area contributed by atoms with Crippen LogP contribution in [0.5, 0.6) is 11.5 Å². The van der Waals surface area contributed by atoms with Crippen molar-refractivity contribution >= 4 is 5.97 Å². The molecule has 1 aliphatic carbocycles. The summed E-state index contributed by atoms with van der Waals surface area (Å²) >= 11 is 0. The number of phenols is 1. The number of aryl methyl sites for hydroxylation is 1. The highest BCUT2D eigenvalue weighted by Crippen LogP contribution is 2.47.